The van der Waals surface area contributed by atoms with E-state index in [1.807, 2.05) is 0 Å². The highest BCUT2D eigenvalue weighted by atomic mass is 79.9. The molecule has 38 heavy (non-hydrogen) atoms. The zero-order valence-electron chi connectivity index (χ0n) is 20.4. The molecule has 13 heteroatoms. The number of alkyl halides is 6. The number of nitrogens with one attached hydrogen (secondary N) is 1. The van der Waals surface area contributed by atoms with Gasteiger partial charge in [0.2, 0.25) is 0 Å². The van der Waals surface area contributed by atoms with Crippen LogP contribution in [0.1, 0.15) is 68.0 Å². The fraction of sp³-hybridized carbons (Fsp3) is 0.440. The average molecular weight is 630 g/mol. The van der Waals surface area contributed by atoms with Crippen molar-refractivity contribution in [2.75, 3.05) is 11.4 Å². The van der Waals surface area contributed by atoms with E-state index in [2.05, 4.69) is 21.2 Å². The number of halogens is 8. The molecule has 3 rings (SSSR count). The van der Waals surface area contributed by atoms with Gasteiger partial charge in [0.05, 0.1) is 34.0 Å². The third-order valence-corrected chi connectivity index (χ3v) is 7.08. The topological polar surface area (TPSA) is 58.6 Å². The van der Waals surface area contributed by atoms with Crippen molar-refractivity contribution in [3.05, 3.63) is 62.1 Å². The molecule has 1 aliphatic rings. The lowest BCUT2D eigenvalue weighted by atomic mass is 9.94. The third kappa shape index (κ3) is 7.01. The Morgan fingerprint density at radius 2 is 1.63 bits per heavy atom. The summed E-state index contributed by atoms with van der Waals surface area (Å²) in [6.45, 7) is 4.64. The van der Waals surface area contributed by atoms with Gasteiger partial charge in [-0.15, -0.1) is 0 Å². The molecule has 1 heterocycles. The number of carbonyl (C=O) groups excluding carboxylic acids is 2. The standard InChI is InChI=1S/C25H24BrClF6N2O3/c1-12(2)38-23(37)35-6-4-5-20(17-10-18(26)19(27)11-21(17)35)34-22(13(3)36)14-7-15(24(28,29)30)9-16(8-14)25(31,32)33/h7-12,20,22,34H,4-6H2,1-3H3. The first-order valence-electron chi connectivity index (χ1n) is 11.5. The van der Waals surface area contributed by atoms with E-state index in [0.29, 0.717) is 40.7 Å². The number of Topliss-reactive ketones (excluding diaryl/α,β-unsaturated/α-hetero) is 1. The van der Waals surface area contributed by atoms with E-state index in [1.54, 1.807) is 19.9 Å². The van der Waals surface area contributed by atoms with Gasteiger partial charge in [-0.2, -0.15) is 26.3 Å². The van der Waals surface area contributed by atoms with E-state index < -0.39 is 59.1 Å². The number of fused-ring (bicyclic) bond motifs is 1. The molecule has 0 spiro atoms. The van der Waals surface area contributed by atoms with Gasteiger partial charge in [-0.25, -0.2) is 4.79 Å². The second kappa shape index (κ2) is 11.4. The zero-order chi connectivity index (χ0) is 28.6. The summed E-state index contributed by atoms with van der Waals surface area (Å²) in [4.78, 5) is 26.8. The van der Waals surface area contributed by atoms with Gasteiger partial charge in [0.25, 0.3) is 0 Å². The van der Waals surface area contributed by atoms with Crippen molar-refractivity contribution in [3.63, 3.8) is 0 Å². The molecule has 5 nitrogen and oxygen atoms in total. The summed E-state index contributed by atoms with van der Waals surface area (Å²) in [6, 6.07) is 1.97. The van der Waals surface area contributed by atoms with E-state index in [4.69, 9.17) is 16.3 Å². The summed E-state index contributed by atoms with van der Waals surface area (Å²) < 4.78 is 86.5. The van der Waals surface area contributed by atoms with Gasteiger partial charge < -0.3 is 4.74 Å². The number of hydrogen-bond donors (Lipinski definition) is 1. The summed E-state index contributed by atoms with van der Waals surface area (Å²) in [5, 5.41) is 3.21. The zero-order valence-corrected chi connectivity index (χ0v) is 22.8. The summed E-state index contributed by atoms with van der Waals surface area (Å²) in [7, 11) is 0. The maximum atomic E-state index is 13.5. The van der Waals surface area contributed by atoms with Crippen LogP contribution in [-0.2, 0) is 21.9 Å². The van der Waals surface area contributed by atoms with Crippen molar-refractivity contribution in [1.29, 1.82) is 0 Å². The fourth-order valence-electron chi connectivity index (χ4n) is 4.22. The molecule has 0 aromatic heterocycles. The van der Waals surface area contributed by atoms with Crippen molar-refractivity contribution in [2.24, 2.45) is 0 Å². The van der Waals surface area contributed by atoms with Gasteiger partial charge in [-0.05, 0) is 91.0 Å². The van der Waals surface area contributed by atoms with E-state index in [-0.39, 0.29) is 17.6 Å². The number of anilines is 1. The smallest absolute Gasteiger partial charge is 0.416 e. The number of ether oxygens (including phenoxy) is 1. The van der Waals surface area contributed by atoms with Crippen molar-refractivity contribution in [3.8, 4) is 0 Å². The molecule has 0 bridgehead atoms. The van der Waals surface area contributed by atoms with Gasteiger partial charge in [-0.1, -0.05) is 11.6 Å². The third-order valence-electron chi connectivity index (χ3n) is 5.88. The Morgan fingerprint density at radius 1 is 1.05 bits per heavy atom. The highest BCUT2D eigenvalue weighted by molar-refractivity contribution is 9.10. The van der Waals surface area contributed by atoms with E-state index in [1.165, 1.54) is 11.0 Å². The van der Waals surface area contributed by atoms with Crippen LogP contribution in [0.3, 0.4) is 0 Å². The molecule has 2 unspecified atom stereocenters. The van der Waals surface area contributed by atoms with Crippen LogP contribution in [0, 0.1) is 0 Å². The normalized spacial score (nSPS) is 17.2. The van der Waals surface area contributed by atoms with Gasteiger partial charge in [0.1, 0.15) is 0 Å². The molecule has 0 radical (unpaired) electrons. The Bertz CT molecular complexity index is 1190. The Labute approximate surface area is 228 Å². The molecule has 208 valence electrons. The molecule has 0 saturated carbocycles. The van der Waals surface area contributed by atoms with Crippen LogP contribution in [0.25, 0.3) is 0 Å². The number of amides is 1. The van der Waals surface area contributed by atoms with Crippen molar-refractivity contribution < 1.29 is 40.7 Å². The molecule has 2 aromatic carbocycles. The number of nitrogens with zero attached hydrogens (tertiary/aromatic N) is 1. The van der Waals surface area contributed by atoms with Gasteiger partial charge >= 0.3 is 18.4 Å². The van der Waals surface area contributed by atoms with Gasteiger partial charge in [-0.3, -0.25) is 15.0 Å². The first kappa shape index (κ1) is 30.2. The van der Waals surface area contributed by atoms with Gasteiger partial charge in [0, 0.05) is 17.1 Å². The lowest BCUT2D eigenvalue weighted by Gasteiger charge is -2.28. The molecular formula is C25H24BrClF6N2O3. The largest absolute Gasteiger partial charge is 0.446 e. The predicted octanol–water partition coefficient (Wildman–Crippen LogP) is 8.25. The highest BCUT2D eigenvalue weighted by Gasteiger charge is 2.39. The first-order valence-corrected chi connectivity index (χ1v) is 12.7. The number of benzene rings is 2. The summed E-state index contributed by atoms with van der Waals surface area (Å²) in [5.74, 6) is -0.688. The van der Waals surface area contributed by atoms with Crippen LogP contribution in [0.5, 0.6) is 0 Å². The fourth-order valence-corrected chi connectivity index (χ4v) is 4.74. The van der Waals surface area contributed by atoms with E-state index in [0.717, 1.165) is 6.92 Å². The minimum atomic E-state index is -5.06. The minimum absolute atomic E-state index is 0.0129. The lowest BCUT2D eigenvalue weighted by molar-refractivity contribution is -0.143. The van der Waals surface area contributed by atoms with Crippen LogP contribution in [0.2, 0.25) is 5.02 Å². The molecule has 1 aliphatic heterocycles. The number of carbonyl (C=O) groups is 2. The molecule has 0 aliphatic carbocycles. The second-order valence-corrected chi connectivity index (χ2v) is 10.4. The van der Waals surface area contributed by atoms with E-state index >= 15 is 0 Å². The van der Waals surface area contributed by atoms with Crippen LogP contribution in [0.15, 0.2) is 34.8 Å². The molecular weight excluding hydrogens is 606 g/mol. The lowest BCUT2D eigenvalue weighted by Crippen LogP contribution is -2.34. The quantitative estimate of drug-likeness (QED) is 0.339. The molecule has 2 aromatic rings. The SMILES string of the molecule is CC(=O)C(NC1CCCN(C(=O)OC(C)C)c2cc(Cl)c(Br)cc21)c1cc(C(F)(F)F)cc(C(F)(F)F)c1. The number of rotatable bonds is 5. The Hall–Kier alpha value is -2.31. The molecule has 2 atom stereocenters. The van der Waals surface area contributed by atoms with Crippen LogP contribution < -0.4 is 10.2 Å². The molecule has 0 saturated heterocycles. The number of ketones is 1. The van der Waals surface area contributed by atoms with Crippen LogP contribution in [-0.4, -0.2) is 24.5 Å². The molecule has 0 fully saturated rings. The summed E-state index contributed by atoms with van der Waals surface area (Å²) in [6.07, 6.45) is -10.5. The van der Waals surface area contributed by atoms with Crippen molar-refractivity contribution >= 4 is 45.1 Å². The van der Waals surface area contributed by atoms with Crippen molar-refractivity contribution in [1.82, 2.24) is 5.32 Å². The van der Waals surface area contributed by atoms with Crippen LogP contribution in [0.4, 0.5) is 36.8 Å². The second-order valence-electron chi connectivity index (χ2n) is 9.15. The first-order chi connectivity index (χ1) is 17.5. The average Bonchev–Trinajstić information content (AvgIpc) is 2.95. The maximum Gasteiger partial charge on any atom is 0.416 e. The Morgan fingerprint density at radius 3 is 2.13 bits per heavy atom. The number of hydrogen-bond acceptors (Lipinski definition) is 4. The maximum absolute atomic E-state index is 13.5. The summed E-state index contributed by atoms with van der Waals surface area (Å²) >= 11 is 9.60. The van der Waals surface area contributed by atoms with Gasteiger partial charge in [0.15, 0.2) is 5.78 Å². The minimum Gasteiger partial charge on any atom is -0.446 e. The Kier molecular flexibility index (Phi) is 9.09. The monoisotopic (exact) mass is 628 g/mol. The highest BCUT2D eigenvalue weighted by Crippen LogP contribution is 2.41. The predicted molar refractivity (Wildman–Crippen MR) is 133 cm³/mol. The van der Waals surface area contributed by atoms with E-state index in [9.17, 15) is 35.9 Å². The van der Waals surface area contributed by atoms with Crippen molar-refractivity contribution in [2.45, 2.75) is 64.2 Å². The summed E-state index contributed by atoms with van der Waals surface area (Å²) in [5.41, 5.74) is -2.70. The van der Waals surface area contributed by atoms with Crippen LogP contribution >= 0.6 is 27.5 Å². The molecule has 1 amide bonds. The molecule has 1 N–H and O–H groups in total. The Balaban J connectivity index is 2.10.